The molecule has 2 aliphatic heterocycles. The second kappa shape index (κ2) is 7.14. The van der Waals surface area contributed by atoms with Crippen molar-refractivity contribution in [3.05, 3.63) is 36.5 Å². The van der Waals surface area contributed by atoms with E-state index in [0.29, 0.717) is 30.8 Å². The summed E-state index contributed by atoms with van der Waals surface area (Å²) in [5.74, 6) is 0.911. The van der Waals surface area contributed by atoms with Gasteiger partial charge >= 0.3 is 0 Å². The molecule has 3 heterocycles. The van der Waals surface area contributed by atoms with Crippen molar-refractivity contribution < 1.29 is 9.59 Å². The van der Waals surface area contributed by atoms with Gasteiger partial charge in [-0.3, -0.25) is 9.59 Å². The molecule has 2 aromatic rings. The number of likely N-dealkylation sites (tertiary alicyclic amines) is 2. The number of carbonyl (C=O) groups is 2. The fourth-order valence-electron chi connectivity index (χ4n) is 4.63. The average Bonchev–Trinajstić information content (AvgIpc) is 3.07. The molecule has 2 saturated heterocycles. The summed E-state index contributed by atoms with van der Waals surface area (Å²) in [7, 11) is 0. The van der Waals surface area contributed by atoms with Gasteiger partial charge in [-0.2, -0.15) is 0 Å². The Morgan fingerprint density at radius 2 is 2.04 bits per heavy atom. The Labute approximate surface area is 154 Å². The molecule has 2 atom stereocenters. The van der Waals surface area contributed by atoms with Gasteiger partial charge in [-0.05, 0) is 42.7 Å². The molecule has 26 heavy (non-hydrogen) atoms. The van der Waals surface area contributed by atoms with Crippen molar-refractivity contribution in [3.63, 3.8) is 0 Å². The first kappa shape index (κ1) is 17.1. The van der Waals surface area contributed by atoms with E-state index in [2.05, 4.69) is 30.0 Å². The molecule has 0 aliphatic carbocycles. The van der Waals surface area contributed by atoms with Gasteiger partial charge in [0.1, 0.15) is 6.54 Å². The summed E-state index contributed by atoms with van der Waals surface area (Å²) >= 11 is 0. The van der Waals surface area contributed by atoms with Crippen molar-refractivity contribution in [2.75, 3.05) is 19.6 Å². The molecule has 2 aliphatic rings. The molecule has 0 saturated carbocycles. The van der Waals surface area contributed by atoms with Crippen molar-refractivity contribution in [1.82, 2.24) is 14.4 Å². The van der Waals surface area contributed by atoms with Crippen LogP contribution in [-0.4, -0.2) is 51.9 Å². The van der Waals surface area contributed by atoms with Crippen LogP contribution in [-0.2, 0) is 16.1 Å². The molecule has 1 aromatic heterocycles. The lowest BCUT2D eigenvalue weighted by Crippen LogP contribution is -2.57. The highest BCUT2D eigenvalue weighted by Crippen LogP contribution is 2.31. The normalized spacial score (nSPS) is 23.3. The Bertz CT molecular complexity index is 812. The van der Waals surface area contributed by atoms with Gasteiger partial charge in [0.2, 0.25) is 11.8 Å². The standard InChI is InChI=1S/C21H27N3O2/c1-2-11-24-19-10-13-23(14-17(19)7-8-20(24)25)21(26)15-22-12-9-16-5-3-4-6-18(16)22/h3-6,9,12,17,19H,2,7-8,10-11,13-15H2,1H3/t17-,19+/m0/s1. The molecule has 0 N–H and O–H groups in total. The Morgan fingerprint density at radius 1 is 1.19 bits per heavy atom. The van der Waals surface area contributed by atoms with Gasteiger partial charge in [-0.15, -0.1) is 0 Å². The third kappa shape index (κ3) is 3.11. The van der Waals surface area contributed by atoms with E-state index >= 15 is 0 Å². The van der Waals surface area contributed by atoms with Crippen molar-refractivity contribution >= 4 is 22.7 Å². The van der Waals surface area contributed by atoms with E-state index in [0.717, 1.165) is 44.4 Å². The second-order valence-electron chi connectivity index (χ2n) is 7.58. The van der Waals surface area contributed by atoms with E-state index < -0.39 is 0 Å². The molecule has 5 nitrogen and oxygen atoms in total. The van der Waals surface area contributed by atoms with Crippen LogP contribution in [0.1, 0.15) is 32.6 Å². The Kier molecular flexibility index (Phi) is 4.70. The number of fused-ring (bicyclic) bond motifs is 2. The lowest BCUT2D eigenvalue weighted by atomic mass is 9.83. The Morgan fingerprint density at radius 3 is 2.88 bits per heavy atom. The summed E-state index contributed by atoms with van der Waals surface area (Å²) in [6.07, 6.45) is 5.45. The predicted octanol–water partition coefficient (Wildman–Crippen LogP) is 2.89. The van der Waals surface area contributed by atoms with Crippen LogP contribution in [0.5, 0.6) is 0 Å². The SMILES string of the molecule is CCCN1C(=O)CC[C@H]2CN(C(=O)Cn3ccc4ccccc43)CC[C@H]21. The molecule has 0 spiro atoms. The zero-order valence-electron chi connectivity index (χ0n) is 15.4. The summed E-state index contributed by atoms with van der Waals surface area (Å²) in [6, 6.07) is 10.5. The number of para-hydroxylation sites is 1. The summed E-state index contributed by atoms with van der Waals surface area (Å²) in [4.78, 5) is 29.2. The molecule has 0 bridgehead atoms. The van der Waals surface area contributed by atoms with E-state index in [1.165, 1.54) is 5.39 Å². The third-order valence-electron chi connectivity index (χ3n) is 5.95. The first-order valence-corrected chi connectivity index (χ1v) is 9.78. The van der Waals surface area contributed by atoms with Crippen LogP contribution in [0.4, 0.5) is 0 Å². The van der Waals surface area contributed by atoms with Crippen LogP contribution in [0.25, 0.3) is 10.9 Å². The van der Waals surface area contributed by atoms with Gasteiger partial charge < -0.3 is 14.4 Å². The van der Waals surface area contributed by atoms with Crippen molar-refractivity contribution in [2.24, 2.45) is 5.92 Å². The van der Waals surface area contributed by atoms with E-state index in [4.69, 9.17) is 0 Å². The Hall–Kier alpha value is -2.30. The lowest BCUT2D eigenvalue weighted by molar-refractivity contribution is -0.144. The monoisotopic (exact) mass is 353 g/mol. The van der Waals surface area contributed by atoms with Gasteiger partial charge in [0.25, 0.3) is 0 Å². The highest BCUT2D eigenvalue weighted by atomic mass is 16.2. The zero-order valence-corrected chi connectivity index (χ0v) is 15.4. The highest BCUT2D eigenvalue weighted by molar-refractivity contribution is 5.83. The number of aromatic nitrogens is 1. The van der Waals surface area contributed by atoms with Crippen LogP contribution in [0, 0.1) is 5.92 Å². The summed E-state index contributed by atoms with van der Waals surface area (Å²) in [6.45, 7) is 4.91. The lowest BCUT2D eigenvalue weighted by Gasteiger charge is -2.47. The molecular weight excluding hydrogens is 326 g/mol. The van der Waals surface area contributed by atoms with E-state index in [1.807, 2.05) is 27.8 Å². The van der Waals surface area contributed by atoms with Crippen molar-refractivity contribution in [1.29, 1.82) is 0 Å². The molecule has 2 amide bonds. The van der Waals surface area contributed by atoms with Crippen LogP contribution in [0.2, 0.25) is 0 Å². The number of amides is 2. The maximum atomic E-state index is 12.9. The fourth-order valence-corrected chi connectivity index (χ4v) is 4.63. The minimum absolute atomic E-state index is 0.184. The van der Waals surface area contributed by atoms with Crippen molar-refractivity contribution in [3.8, 4) is 0 Å². The summed E-state index contributed by atoms with van der Waals surface area (Å²) < 4.78 is 2.04. The topological polar surface area (TPSA) is 45.6 Å². The first-order valence-electron chi connectivity index (χ1n) is 9.78. The number of hydrogen-bond donors (Lipinski definition) is 0. The fraction of sp³-hybridized carbons (Fsp3) is 0.524. The van der Waals surface area contributed by atoms with Crippen LogP contribution < -0.4 is 0 Å². The minimum Gasteiger partial charge on any atom is -0.341 e. The minimum atomic E-state index is 0.184. The summed E-state index contributed by atoms with van der Waals surface area (Å²) in [5.41, 5.74) is 1.10. The maximum Gasteiger partial charge on any atom is 0.242 e. The number of hydrogen-bond acceptors (Lipinski definition) is 2. The first-order chi connectivity index (χ1) is 12.7. The molecule has 0 radical (unpaired) electrons. The molecule has 5 heteroatoms. The van der Waals surface area contributed by atoms with Crippen molar-refractivity contribution in [2.45, 2.75) is 45.2 Å². The second-order valence-corrected chi connectivity index (χ2v) is 7.58. The zero-order chi connectivity index (χ0) is 18.1. The molecular formula is C21H27N3O2. The smallest absolute Gasteiger partial charge is 0.242 e. The number of nitrogens with zero attached hydrogens (tertiary/aromatic N) is 3. The molecule has 0 unspecified atom stereocenters. The van der Waals surface area contributed by atoms with E-state index in [-0.39, 0.29) is 5.91 Å². The molecule has 4 rings (SSSR count). The van der Waals surface area contributed by atoms with E-state index in [1.54, 1.807) is 0 Å². The third-order valence-corrected chi connectivity index (χ3v) is 5.95. The molecule has 2 fully saturated rings. The number of carbonyl (C=O) groups excluding carboxylic acids is 2. The number of rotatable bonds is 4. The van der Waals surface area contributed by atoms with Gasteiger partial charge in [-0.1, -0.05) is 25.1 Å². The summed E-state index contributed by atoms with van der Waals surface area (Å²) in [5, 5.41) is 1.17. The van der Waals surface area contributed by atoms with Gasteiger partial charge in [0, 0.05) is 43.8 Å². The van der Waals surface area contributed by atoms with Gasteiger partial charge in [0.15, 0.2) is 0 Å². The van der Waals surface area contributed by atoms with Gasteiger partial charge in [0.05, 0.1) is 0 Å². The molecule has 1 aromatic carbocycles. The highest BCUT2D eigenvalue weighted by Gasteiger charge is 2.39. The predicted molar refractivity (Wildman–Crippen MR) is 102 cm³/mol. The average molecular weight is 353 g/mol. The van der Waals surface area contributed by atoms with E-state index in [9.17, 15) is 9.59 Å². The number of piperidine rings is 2. The maximum absolute atomic E-state index is 12.9. The van der Waals surface area contributed by atoms with Gasteiger partial charge in [-0.25, -0.2) is 0 Å². The Balaban J connectivity index is 1.43. The number of benzene rings is 1. The van der Waals surface area contributed by atoms with Crippen LogP contribution in [0.15, 0.2) is 36.5 Å². The largest absolute Gasteiger partial charge is 0.341 e. The molecule has 138 valence electrons. The van der Waals surface area contributed by atoms with Crippen LogP contribution >= 0.6 is 0 Å². The van der Waals surface area contributed by atoms with Crippen LogP contribution in [0.3, 0.4) is 0 Å². The quantitative estimate of drug-likeness (QED) is 0.848.